The monoisotopic (exact) mass is 376 g/mol. The Bertz CT molecular complexity index is 908. The number of aryl methyl sites for hydroxylation is 2. The van der Waals surface area contributed by atoms with Crippen molar-refractivity contribution in [3.8, 4) is 5.75 Å². The summed E-state index contributed by atoms with van der Waals surface area (Å²) in [4.78, 5) is 39.1. The number of carbonyl (C=O) groups excluding carboxylic acids is 2. The second-order valence-corrected chi connectivity index (χ2v) is 6.90. The third kappa shape index (κ3) is 3.49. The van der Waals surface area contributed by atoms with Crippen molar-refractivity contribution in [2.75, 3.05) is 11.9 Å². The Morgan fingerprint density at radius 1 is 1.42 bits per heavy atom. The van der Waals surface area contributed by atoms with Crippen molar-refractivity contribution in [1.29, 1.82) is 0 Å². The average molecular weight is 376 g/mol. The van der Waals surface area contributed by atoms with Crippen LogP contribution in [-0.4, -0.2) is 28.3 Å². The van der Waals surface area contributed by atoms with Crippen LogP contribution in [0.3, 0.4) is 0 Å². The molecule has 0 bridgehead atoms. The number of fused-ring (bicyclic) bond motifs is 1. The second-order valence-electron chi connectivity index (χ2n) is 5.79. The van der Waals surface area contributed by atoms with Crippen LogP contribution in [0.25, 0.3) is 0 Å². The van der Waals surface area contributed by atoms with Crippen LogP contribution in [0.4, 0.5) is 10.8 Å². The maximum absolute atomic E-state index is 12.2. The van der Waals surface area contributed by atoms with Gasteiger partial charge < -0.3 is 25.9 Å². The van der Waals surface area contributed by atoms with Crippen molar-refractivity contribution in [1.82, 2.24) is 4.98 Å². The van der Waals surface area contributed by atoms with Gasteiger partial charge in [-0.15, -0.1) is 11.3 Å². The molecule has 3 rings (SSSR count). The van der Waals surface area contributed by atoms with Crippen molar-refractivity contribution >= 4 is 34.0 Å². The lowest BCUT2D eigenvalue weighted by molar-refractivity contribution is -0.390. The molecule has 3 N–H and O–H groups in total. The van der Waals surface area contributed by atoms with Crippen molar-refractivity contribution in [3.05, 3.63) is 43.9 Å². The van der Waals surface area contributed by atoms with Gasteiger partial charge in [0.2, 0.25) is 5.75 Å². The minimum Gasteiger partial charge on any atom is -0.476 e. The van der Waals surface area contributed by atoms with Gasteiger partial charge in [-0.3, -0.25) is 9.59 Å². The normalized spacial score (nSPS) is 12.5. The van der Waals surface area contributed by atoms with Crippen LogP contribution < -0.4 is 15.8 Å². The lowest BCUT2D eigenvalue weighted by atomic mass is 10.1. The molecule has 0 atom stereocenters. The Morgan fingerprint density at radius 3 is 2.88 bits per heavy atom. The van der Waals surface area contributed by atoms with Crippen molar-refractivity contribution in [2.45, 2.75) is 26.2 Å². The van der Waals surface area contributed by atoms with Gasteiger partial charge in [0.1, 0.15) is 10.7 Å². The molecule has 0 aliphatic heterocycles. The number of hydrogen-bond donors (Lipinski definition) is 2. The highest BCUT2D eigenvalue weighted by molar-refractivity contribution is 7.17. The number of carbonyl (C=O) groups is 2. The van der Waals surface area contributed by atoms with Crippen LogP contribution >= 0.6 is 11.3 Å². The lowest BCUT2D eigenvalue weighted by Crippen LogP contribution is -2.22. The van der Waals surface area contributed by atoms with E-state index >= 15 is 0 Å². The van der Waals surface area contributed by atoms with E-state index in [0.29, 0.717) is 16.3 Å². The van der Waals surface area contributed by atoms with Crippen LogP contribution in [0, 0.1) is 17.0 Å². The van der Waals surface area contributed by atoms with Gasteiger partial charge in [-0.1, -0.05) is 0 Å². The van der Waals surface area contributed by atoms with E-state index in [9.17, 15) is 19.7 Å². The van der Waals surface area contributed by atoms with E-state index < -0.39 is 29.2 Å². The first kappa shape index (κ1) is 17.8. The van der Waals surface area contributed by atoms with E-state index in [2.05, 4.69) is 10.3 Å². The van der Waals surface area contributed by atoms with Crippen molar-refractivity contribution < 1.29 is 19.2 Å². The highest BCUT2D eigenvalue weighted by Crippen LogP contribution is 2.38. The lowest BCUT2D eigenvalue weighted by Gasteiger charge is -2.08. The summed E-state index contributed by atoms with van der Waals surface area (Å²) < 4.78 is 5.24. The Labute approximate surface area is 152 Å². The molecule has 0 aromatic carbocycles. The maximum Gasteiger partial charge on any atom is 0.406 e. The topological polar surface area (TPSA) is 137 Å². The van der Waals surface area contributed by atoms with Crippen LogP contribution in [0.5, 0.6) is 5.75 Å². The predicted molar refractivity (Wildman–Crippen MR) is 94.6 cm³/mol. The summed E-state index contributed by atoms with van der Waals surface area (Å²) in [6.07, 6.45) is 2.58. The van der Waals surface area contributed by atoms with Crippen LogP contribution in [0.15, 0.2) is 12.1 Å². The molecule has 1 aliphatic rings. The van der Waals surface area contributed by atoms with Gasteiger partial charge in [0.05, 0.1) is 5.56 Å². The Morgan fingerprint density at radius 2 is 2.19 bits per heavy atom. The number of ether oxygens (including phenoxy) is 1. The summed E-state index contributed by atoms with van der Waals surface area (Å²) in [6, 6.07) is 2.94. The number of rotatable bonds is 6. The SMILES string of the molecule is Cc1ccc(OCC(=O)Nc2sc3c(c2C(N)=O)CCC3)c([N+](=O)[O-])n1. The summed E-state index contributed by atoms with van der Waals surface area (Å²) in [5.41, 5.74) is 7.15. The minimum absolute atomic E-state index is 0.0976. The number of aromatic nitrogens is 1. The fourth-order valence-electron chi connectivity index (χ4n) is 2.83. The van der Waals surface area contributed by atoms with Crippen LogP contribution in [0.2, 0.25) is 0 Å². The zero-order valence-corrected chi connectivity index (χ0v) is 14.7. The minimum atomic E-state index is -0.671. The summed E-state index contributed by atoms with van der Waals surface area (Å²) in [7, 11) is 0. The molecule has 2 amide bonds. The number of nitrogens with one attached hydrogen (secondary N) is 1. The van der Waals surface area contributed by atoms with E-state index in [-0.39, 0.29) is 5.75 Å². The van der Waals surface area contributed by atoms with E-state index in [1.54, 1.807) is 13.0 Å². The molecule has 0 saturated carbocycles. The molecule has 2 heterocycles. The number of pyridine rings is 1. The number of hydrogen-bond acceptors (Lipinski definition) is 7. The second kappa shape index (κ2) is 7.08. The molecule has 0 saturated heterocycles. The fourth-order valence-corrected chi connectivity index (χ4v) is 4.14. The van der Waals surface area contributed by atoms with Crippen molar-refractivity contribution in [3.63, 3.8) is 0 Å². The zero-order chi connectivity index (χ0) is 18.8. The number of nitro groups is 1. The standard InChI is InChI=1S/C16H16N4O5S/c1-8-5-6-10(15(18-8)20(23)24)25-7-12(21)19-16-13(14(17)22)9-3-2-4-11(9)26-16/h5-6H,2-4,7H2,1H3,(H2,17,22)(H,19,21). The molecule has 0 radical (unpaired) electrons. The number of thiophene rings is 1. The third-order valence-electron chi connectivity index (χ3n) is 3.93. The van der Waals surface area contributed by atoms with Crippen LogP contribution in [0.1, 0.15) is 32.9 Å². The molecule has 0 fully saturated rings. The number of amides is 2. The number of nitrogens with zero attached hydrogens (tertiary/aromatic N) is 2. The molecule has 26 heavy (non-hydrogen) atoms. The van der Waals surface area contributed by atoms with Gasteiger partial charge in [0.15, 0.2) is 6.61 Å². The smallest absolute Gasteiger partial charge is 0.406 e. The Hall–Kier alpha value is -3.01. The number of nitrogens with two attached hydrogens (primary N) is 1. The summed E-state index contributed by atoms with van der Waals surface area (Å²) in [5.74, 6) is -1.67. The van der Waals surface area contributed by atoms with Gasteiger partial charge in [-0.05, 0) is 46.9 Å². The van der Waals surface area contributed by atoms with Crippen LogP contribution in [-0.2, 0) is 17.6 Å². The first-order chi connectivity index (χ1) is 12.4. The van der Waals surface area contributed by atoms with Gasteiger partial charge in [-0.2, -0.15) is 0 Å². The molecular weight excluding hydrogens is 360 g/mol. The summed E-state index contributed by atoms with van der Waals surface area (Å²) in [5, 5.41) is 14.0. The Balaban J connectivity index is 1.71. The van der Waals surface area contributed by atoms with E-state index in [0.717, 1.165) is 29.7 Å². The maximum atomic E-state index is 12.2. The molecule has 0 spiro atoms. The first-order valence-corrected chi connectivity index (χ1v) is 8.67. The first-order valence-electron chi connectivity index (χ1n) is 7.86. The van der Waals surface area contributed by atoms with E-state index in [1.165, 1.54) is 17.4 Å². The summed E-state index contributed by atoms with van der Waals surface area (Å²) >= 11 is 1.33. The van der Waals surface area contributed by atoms with Gasteiger partial charge in [-0.25, -0.2) is 0 Å². The molecule has 0 unspecified atom stereocenters. The molecular formula is C16H16N4O5S. The van der Waals surface area contributed by atoms with Gasteiger partial charge >= 0.3 is 5.82 Å². The molecule has 2 aromatic heterocycles. The average Bonchev–Trinajstić information content (AvgIpc) is 3.13. The molecule has 2 aromatic rings. The number of anilines is 1. The number of primary amides is 1. The largest absolute Gasteiger partial charge is 0.476 e. The molecule has 9 nitrogen and oxygen atoms in total. The van der Waals surface area contributed by atoms with E-state index in [1.807, 2.05) is 0 Å². The highest BCUT2D eigenvalue weighted by Gasteiger charge is 2.26. The summed E-state index contributed by atoms with van der Waals surface area (Å²) in [6.45, 7) is 1.16. The molecule has 10 heteroatoms. The van der Waals surface area contributed by atoms with Gasteiger partial charge in [0.25, 0.3) is 11.8 Å². The Kier molecular flexibility index (Phi) is 4.85. The van der Waals surface area contributed by atoms with Gasteiger partial charge in [0, 0.05) is 11.8 Å². The van der Waals surface area contributed by atoms with E-state index in [4.69, 9.17) is 10.5 Å². The highest BCUT2D eigenvalue weighted by atomic mass is 32.1. The molecule has 1 aliphatic carbocycles. The third-order valence-corrected chi connectivity index (χ3v) is 5.14. The predicted octanol–water partition coefficient (Wildman–Crippen LogP) is 1.96. The van der Waals surface area contributed by atoms with Crippen molar-refractivity contribution in [2.24, 2.45) is 5.73 Å². The zero-order valence-electron chi connectivity index (χ0n) is 13.9. The fraction of sp³-hybridized carbons (Fsp3) is 0.312. The quantitative estimate of drug-likeness (QED) is 0.584. The molecule has 136 valence electrons.